The standard InChI is InChI=1S/C17H20N4O3/c1-2-10-21-16(23)9-7-14(20-21)17(24)19-13-5-3-4-12-11(13)6-8-15(22)18-12/h6-9,13H,2-5,10H2,1H3,(H,18,22)(H,19,24)/t13-/m1/s1. The Morgan fingerprint density at radius 1 is 1.33 bits per heavy atom. The van der Waals surface area contributed by atoms with Crippen molar-refractivity contribution in [3.63, 3.8) is 0 Å². The number of carbonyl (C=O) groups is 1. The zero-order chi connectivity index (χ0) is 17.1. The van der Waals surface area contributed by atoms with Crippen LogP contribution in [0.25, 0.3) is 0 Å². The summed E-state index contributed by atoms with van der Waals surface area (Å²) < 4.78 is 1.31. The van der Waals surface area contributed by atoms with Crippen molar-refractivity contribution in [2.45, 2.75) is 45.2 Å². The Kier molecular flexibility index (Phi) is 4.59. The van der Waals surface area contributed by atoms with Crippen molar-refractivity contribution < 1.29 is 4.79 Å². The SMILES string of the molecule is CCCn1nc(C(=O)N[C@@H]2CCCc3[nH]c(=O)ccc32)ccc1=O. The van der Waals surface area contributed by atoms with Gasteiger partial charge in [-0.25, -0.2) is 4.68 Å². The number of aromatic nitrogens is 3. The van der Waals surface area contributed by atoms with E-state index in [0.29, 0.717) is 6.54 Å². The maximum atomic E-state index is 12.5. The van der Waals surface area contributed by atoms with Crippen LogP contribution in [0, 0.1) is 0 Å². The van der Waals surface area contributed by atoms with E-state index in [2.05, 4.69) is 15.4 Å². The van der Waals surface area contributed by atoms with Crippen LogP contribution in [0.2, 0.25) is 0 Å². The number of hydrogen-bond donors (Lipinski definition) is 2. The normalized spacial score (nSPS) is 16.5. The summed E-state index contributed by atoms with van der Waals surface area (Å²) >= 11 is 0. The van der Waals surface area contributed by atoms with E-state index < -0.39 is 0 Å². The maximum absolute atomic E-state index is 12.5. The number of nitrogens with zero attached hydrogens (tertiary/aromatic N) is 2. The van der Waals surface area contributed by atoms with Crippen LogP contribution in [0.1, 0.15) is 54.0 Å². The van der Waals surface area contributed by atoms with Gasteiger partial charge in [-0.3, -0.25) is 14.4 Å². The van der Waals surface area contributed by atoms with Crippen molar-refractivity contribution in [3.05, 3.63) is 61.9 Å². The molecule has 2 aromatic heterocycles. The van der Waals surface area contributed by atoms with Crippen LogP contribution in [-0.2, 0) is 13.0 Å². The van der Waals surface area contributed by atoms with Crippen molar-refractivity contribution in [2.75, 3.05) is 0 Å². The van der Waals surface area contributed by atoms with Gasteiger partial charge in [0, 0.05) is 24.4 Å². The van der Waals surface area contributed by atoms with Crippen molar-refractivity contribution in [2.24, 2.45) is 0 Å². The second-order valence-electron chi connectivity index (χ2n) is 5.95. The van der Waals surface area contributed by atoms with Gasteiger partial charge in [0.1, 0.15) is 5.69 Å². The average Bonchev–Trinajstić information content (AvgIpc) is 2.57. The van der Waals surface area contributed by atoms with E-state index in [9.17, 15) is 14.4 Å². The molecule has 0 radical (unpaired) electrons. The molecule has 2 heterocycles. The Hall–Kier alpha value is -2.70. The van der Waals surface area contributed by atoms with Gasteiger partial charge in [0.25, 0.3) is 11.5 Å². The van der Waals surface area contributed by atoms with Crippen molar-refractivity contribution >= 4 is 5.91 Å². The summed E-state index contributed by atoms with van der Waals surface area (Å²) in [6, 6.07) is 5.89. The molecule has 126 valence electrons. The van der Waals surface area contributed by atoms with Gasteiger partial charge in [-0.15, -0.1) is 0 Å². The Morgan fingerprint density at radius 3 is 2.96 bits per heavy atom. The molecule has 0 aliphatic heterocycles. The minimum Gasteiger partial charge on any atom is -0.344 e. The van der Waals surface area contributed by atoms with E-state index >= 15 is 0 Å². The molecule has 7 heteroatoms. The lowest BCUT2D eigenvalue weighted by atomic mass is 9.91. The van der Waals surface area contributed by atoms with Crippen molar-refractivity contribution in [1.29, 1.82) is 0 Å². The molecule has 7 nitrogen and oxygen atoms in total. The minimum atomic E-state index is -0.316. The van der Waals surface area contributed by atoms with Gasteiger partial charge in [-0.05, 0) is 43.4 Å². The van der Waals surface area contributed by atoms with E-state index in [0.717, 1.165) is 36.9 Å². The summed E-state index contributed by atoms with van der Waals surface area (Å²) in [6.07, 6.45) is 3.26. The van der Waals surface area contributed by atoms with Crippen LogP contribution in [0.5, 0.6) is 0 Å². The molecule has 1 atom stereocenters. The first kappa shape index (κ1) is 16.2. The molecule has 0 unspecified atom stereocenters. The van der Waals surface area contributed by atoms with Gasteiger partial charge in [-0.1, -0.05) is 6.92 Å². The zero-order valence-corrected chi connectivity index (χ0v) is 13.5. The number of H-pyrrole nitrogens is 1. The molecule has 2 aromatic rings. The number of fused-ring (bicyclic) bond motifs is 1. The van der Waals surface area contributed by atoms with E-state index in [1.165, 1.54) is 22.9 Å². The van der Waals surface area contributed by atoms with Crippen LogP contribution in [-0.4, -0.2) is 20.7 Å². The van der Waals surface area contributed by atoms with E-state index in [4.69, 9.17) is 0 Å². The third-order valence-corrected chi connectivity index (χ3v) is 4.17. The van der Waals surface area contributed by atoms with Crippen LogP contribution >= 0.6 is 0 Å². The Bertz CT molecular complexity index is 869. The highest BCUT2D eigenvalue weighted by atomic mass is 16.2. The second-order valence-corrected chi connectivity index (χ2v) is 5.95. The largest absolute Gasteiger partial charge is 0.344 e. The molecule has 0 fully saturated rings. The molecule has 1 amide bonds. The molecule has 3 rings (SSSR count). The molecule has 24 heavy (non-hydrogen) atoms. The highest BCUT2D eigenvalue weighted by Gasteiger charge is 2.23. The zero-order valence-electron chi connectivity index (χ0n) is 13.5. The lowest BCUT2D eigenvalue weighted by molar-refractivity contribution is 0.0925. The highest BCUT2D eigenvalue weighted by Crippen LogP contribution is 2.27. The van der Waals surface area contributed by atoms with Gasteiger partial charge in [0.15, 0.2) is 0 Å². The number of hydrogen-bond acceptors (Lipinski definition) is 4. The minimum absolute atomic E-state index is 0.131. The Balaban J connectivity index is 1.82. The number of nitrogens with one attached hydrogen (secondary N) is 2. The molecule has 0 aromatic carbocycles. The van der Waals surface area contributed by atoms with Crippen LogP contribution in [0.3, 0.4) is 0 Å². The monoisotopic (exact) mass is 328 g/mol. The van der Waals surface area contributed by atoms with E-state index in [1.807, 2.05) is 6.92 Å². The summed E-state index contributed by atoms with van der Waals surface area (Å²) in [7, 11) is 0. The molecule has 0 bridgehead atoms. The summed E-state index contributed by atoms with van der Waals surface area (Å²) in [6.45, 7) is 2.42. The van der Waals surface area contributed by atoms with Gasteiger partial charge in [0.05, 0.1) is 6.04 Å². The van der Waals surface area contributed by atoms with E-state index in [1.54, 1.807) is 6.07 Å². The predicted molar refractivity (Wildman–Crippen MR) is 89.0 cm³/mol. The van der Waals surface area contributed by atoms with Crippen molar-refractivity contribution in [3.8, 4) is 0 Å². The Morgan fingerprint density at radius 2 is 2.17 bits per heavy atom. The fraction of sp³-hybridized carbons (Fsp3) is 0.412. The smallest absolute Gasteiger partial charge is 0.272 e. The highest BCUT2D eigenvalue weighted by molar-refractivity contribution is 5.92. The number of aryl methyl sites for hydroxylation is 2. The second kappa shape index (κ2) is 6.82. The third kappa shape index (κ3) is 3.29. The molecule has 0 saturated carbocycles. The first-order valence-electron chi connectivity index (χ1n) is 8.19. The summed E-state index contributed by atoms with van der Waals surface area (Å²) in [4.78, 5) is 38.5. The molecular weight excluding hydrogens is 308 g/mol. The first-order valence-corrected chi connectivity index (χ1v) is 8.19. The maximum Gasteiger partial charge on any atom is 0.272 e. The van der Waals surface area contributed by atoms with Crippen LogP contribution < -0.4 is 16.4 Å². The van der Waals surface area contributed by atoms with Gasteiger partial charge < -0.3 is 10.3 Å². The summed E-state index contributed by atoms with van der Waals surface area (Å²) in [5, 5.41) is 7.09. The molecule has 0 saturated heterocycles. The first-order chi connectivity index (χ1) is 11.6. The van der Waals surface area contributed by atoms with Crippen molar-refractivity contribution in [1.82, 2.24) is 20.1 Å². The Labute approximate surface area is 138 Å². The molecular formula is C17H20N4O3. The fourth-order valence-corrected chi connectivity index (χ4v) is 3.02. The number of rotatable bonds is 4. The number of amides is 1. The molecule has 1 aliphatic rings. The quantitative estimate of drug-likeness (QED) is 0.880. The van der Waals surface area contributed by atoms with Gasteiger partial charge in [0.2, 0.25) is 5.56 Å². The van der Waals surface area contributed by atoms with E-state index in [-0.39, 0.29) is 28.8 Å². The third-order valence-electron chi connectivity index (χ3n) is 4.17. The summed E-state index contributed by atoms with van der Waals surface area (Å²) in [5.74, 6) is -0.316. The lowest BCUT2D eigenvalue weighted by Gasteiger charge is -2.25. The van der Waals surface area contributed by atoms with Gasteiger partial charge >= 0.3 is 0 Å². The summed E-state index contributed by atoms with van der Waals surface area (Å²) in [5.41, 5.74) is 1.70. The predicted octanol–water partition coefficient (Wildman–Crippen LogP) is 1.15. The fourth-order valence-electron chi connectivity index (χ4n) is 3.02. The lowest BCUT2D eigenvalue weighted by Crippen LogP contribution is -2.34. The van der Waals surface area contributed by atoms with Gasteiger partial charge in [-0.2, -0.15) is 5.10 Å². The number of pyridine rings is 1. The van der Waals surface area contributed by atoms with Crippen LogP contribution in [0.4, 0.5) is 0 Å². The average molecular weight is 328 g/mol. The number of aromatic amines is 1. The molecule has 0 spiro atoms. The topological polar surface area (TPSA) is 96.8 Å². The van der Waals surface area contributed by atoms with Crippen LogP contribution in [0.15, 0.2) is 33.9 Å². The molecule has 2 N–H and O–H groups in total. The molecule has 1 aliphatic carbocycles. The number of carbonyl (C=O) groups excluding carboxylic acids is 1.